The first-order valence-corrected chi connectivity index (χ1v) is 6.39. The number of amides is 2. The predicted octanol–water partition coefficient (Wildman–Crippen LogP) is 2.40. The molecule has 0 N–H and O–H groups in total. The third kappa shape index (κ3) is 1.79. The lowest BCUT2D eigenvalue weighted by Crippen LogP contribution is -2.29. The zero-order valence-corrected chi connectivity index (χ0v) is 11.2. The van der Waals surface area contributed by atoms with Gasteiger partial charge in [-0.3, -0.25) is 9.59 Å². The SMILES string of the molecule is CC(C)c1ccc(N2C(=O)c3nccnc3C2=O)cc1. The number of hydrogen-bond donors (Lipinski definition) is 0. The van der Waals surface area contributed by atoms with Crippen LogP contribution >= 0.6 is 0 Å². The molecule has 2 aromatic rings. The van der Waals surface area contributed by atoms with Gasteiger partial charge in [-0.25, -0.2) is 14.9 Å². The lowest BCUT2D eigenvalue weighted by Gasteiger charge is -2.14. The van der Waals surface area contributed by atoms with Gasteiger partial charge in [-0.2, -0.15) is 0 Å². The Morgan fingerprint density at radius 1 is 0.900 bits per heavy atom. The van der Waals surface area contributed by atoms with Gasteiger partial charge in [0.15, 0.2) is 11.4 Å². The molecule has 0 fully saturated rings. The minimum atomic E-state index is -0.421. The van der Waals surface area contributed by atoms with Gasteiger partial charge >= 0.3 is 0 Å². The van der Waals surface area contributed by atoms with Crippen molar-refractivity contribution in [1.29, 1.82) is 0 Å². The van der Waals surface area contributed by atoms with Crippen LogP contribution in [0.5, 0.6) is 0 Å². The molecule has 2 heterocycles. The summed E-state index contributed by atoms with van der Waals surface area (Å²) in [6.45, 7) is 4.18. The molecule has 0 saturated heterocycles. The number of rotatable bonds is 2. The van der Waals surface area contributed by atoms with E-state index in [0.29, 0.717) is 11.6 Å². The van der Waals surface area contributed by atoms with E-state index in [-0.39, 0.29) is 11.4 Å². The maximum absolute atomic E-state index is 12.2. The molecule has 3 rings (SSSR count). The Kier molecular flexibility index (Phi) is 2.82. The van der Waals surface area contributed by atoms with Crippen molar-refractivity contribution >= 4 is 17.5 Å². The van der Waals surface area contributed by atoms with Gasteiger partial charge in [0.1, 0.15) is 0 Å². The molecule has 0 radical (unpaired) electrons. The molecule has 2 amide bonds. The highest BCUT2D eigenvalue weighted by Gasteiger charge is 2.39. The summed E-state index contributed by atoms with van der Waals surface area (Å²) in [5.41, 5.74) is 1.93. The molecule has 1 aliphatic heterocycles. The van der Waals surface area contributed by atoms with Crippen LogP contribution in [0.2, 0.25) is 0 Å². The molecule has 0 saturated carbocycles. The molecule has 100 valence electrons. The van der Waals surface area contributed by atoms with Crippen molar-refractivity contribution in [3.8, 4) is 0 Å². The van der Waals surface area contributed by atoms with Crippen molar-refractivity contribution < 1.29 is 9.59 Å². The van der Waals surface area contributed by atoms with E-state index in [1.54, 1.807) is 12.1 Å². The van der Waals surface area contributed by atoms with Crippen LogP contribution in [0.15, 0.2) is 36.7 Å². The lowest BCUT2D eigenvalue weighted by molar-refractivity contribution is 0.0923. The fourth-order valence-electron chi connectivity index (χ4n) is 2.20. The number of fused-ring (bicyclic) bond motifs is 1. The molecule has 0 unspecified atom stereocenters. The van der Waals surface area contributed by atoms with E-state index >= 15 is 0 Å². The molecule has 1 aromatic heterocycles. The summed E-state index contributed by atoms with van der Waals surface area (Å²) in [5, 5.41) is 0. The Morgan fingerprint density at radius 3 is 1.85 bits per heavy atom. The molecule has 0 bridgehead atoms. The highest BCUT2D eigenvalue weighted by Crippen LogP contribution is 2.27. The minimum Gasteiger partial charge on any atom is -0.266 e. The van der Waals surface area contributed by atoms with Crippen molar-refractivity contribution in [3.05, 3.63) is 53.6 Å². The second-order valence-corrected chi connectivity index (χ2v) is 4.95. The quantitative estimate of drug-likeness (QED) is 0.784. The van der Waals surface area contributed by atoms with E-state index in [1.807, 2.05) is 12.1 Å². The topological polar surface area (TPSA) is 63.2 Å². The van der Waals surface area contributed by atoms with E-state index in [0.717, 1.165) is 10.5 Å². The molecule has 0 spiro atoms. The van der Waals surface area contributed by atoms with Gasteiger partial charge in [-0.1, -0.05) is 26.0 Å². The number of benzene rings is 1. The smallest absolute Gasteiger partial charge is 0.266 e. The Hall–Kier alpha value is -2.56. The highest BCUT2D eigenvalue weighted by atomic mass is 16.2. The minimum absolute atomic E-state index is 0.116. The van der Waals surface area contributed by atoms with Crippen molar-refractivity contribution in [2.75, 3.05) is 4.90 Å². The van der Waals surface area contributed by atoms with Crippen molar-refractivity contribution in [2.24, 2.45) is 0 Å². The Labute approximate surface area is 116 Å². The van der Waals surface area contributed by atoms with Gasteiger partial charge in [-0.15, -0.1) is 0 Å². The number of carbonyl (C=O) groups excluding carboxylic acids is 2. The maximum Gasteiger partial charge on any atom is 0.286 e. The Bertz CT molecular complexity index is 658. The van der Waals surface area contributed by atoms with E-state index in [4.69, 9.17) is 0 Å². The number of imide groups is 1. The summed E-state index contributed by atoms with van der Waals surface area (Å²) < 4.78 is 0. The Balaban J connectivity index is 2.00. The van der Waals surface area contributed by atoms with Crippen molar-refractivity contribution in [1.82, 2.24) is 9.97 Å². The van der Waals surface area contributed by atoms with E-state index in [1.165, 1.54) is 12.4 Å². The highest BCUT2D eigenvalue weighted by molar-refractivity contribution is 6.33. The zero-order chi connectivity index (χ0) is 14.3. The summed E-state index contributed by atoms with van der Waals surface area (Å²) in [6.07, 6.45) is 2.82. The van der Waals surface area contributed by atoms with Crippen LogP contribution in [-0.2, 0) is 0 Å². The number of hydrogen-bond acceptors (Lipinski definition) is 4. The van der Waals surface area contributed by atoms with Crippen LogP contribution in [0.4, 0.5) is 5.69 Å². The lowest BCUT2D eigenvalue weighted by atomic mass is 10.0. The standard InChI is InChI=1S/C15H13N3O2/c1-9(2)10-3-5-11(6-4-10)18-14(19)12-13(15(18)20)17-8-7-16-12/h3-9H,1-2H3. The molecule has 1 aromatic carbocycles. The molecule has 5 nitrogen and oxygen atoms in total. The average molecular weight is 267 g/mol. The molecule has 20 heavy (non-hydrogen) atoms. The molecule has 1 aliphatic rings. The van der Waals surface area contributed by atoms with Crippen LogP contribution in [0.25, 0.3) is 0 Å². The Morgan fingerprint density at radius 2 is 1.40 bits per heavy atom. The normalized spacial score (nSPS) is 14.1. The van der Waals surface area contributed by atoms with Crippen molar-refractivity contribution in [2.45, 2.75) is 19.8 Å². The third-order valence-corrected chi connectivity index (χ3v) is 3.33. The van der Waals surface area contributed by atoms with Gasteiger partial charge < -0.3 is 0 Å². The van der Waals surface area contributed by atoms with E-state index in [2.05, 4.69) is 23.8 Å². The molecule has 5 heteroatoms. The van der Waals surface area contributed by atoms with Crippen LogP contribution in [0.1, 0.15) is 46.3 Å². The number of aromatic nitrogens is 2. The summed E-state index contributed by atoms with van der Waals surface area (Å²) in [6, 6.07) is 7.39. The summed E-state index contributed by atoms with van der Waals surface area (Å²) in [5.74, 6) is -0.444. The number of anilines is 1. The summed E-state index contributed by atoms with van der Waals surface area (Å²) >= 11 is 0. The maximum atomic E-state index is 12.2. The van der Waals surface area contributed by atoms with Crippen molar-refractivity contribution in [3.63, 3.8) is 0 Å². The molecule has 0 aliphatic carbocycles. The monoisotopic (exact) mass is 267 g/mol. The van der Waals surface area contributed by atoms with Gasteiger partial charge in [-0.05, 0) is 23.6 Å². The second kappa shape index (κ2) is 4.52. The van der Waals surface area contributed by atoms with Crippen LogP contribution in [0, 0.1) is 0 Å². The first-order valence-electron chi connectivity index (χ1n) is 6.39. The average Bonchev–Trinajstić information content (AvgIpc) is 2.72. The predicted molar refractivity (Wildman–Crippen MR) is 73.7 cm³/mol. The van der Waals surface area contributed by atoms with E-state index in [9.17, 15) is 9.59 Å². The van der Waals surface area contributed by atoms with Gasteiger partial charge in [0.25, 0.3) is 11.8 Å². The largest absolute Gasteiger partial charge is 0.286 e. The first-order chi connectivity index (χ1) is 9.59. The molecular formula is C15H13N3O2. The van der Waals surface area contributed by atoms with Crippen LogP contribution < -0.4 is 4.90 Å². The fraction of sp³-hybridized carbons (Fsp3) is 0.200. The van der Waals surface area contributed by atoms with Gasteiger partial charge in [0.05, 0.1) is 5.69 Å². The van der Waals surface area contributed by atoms with Crippen LogP contribution in [-0.4, -0.2) is 21.8 Å². The first kappa shape index (κ1) is 12.5. The zero-order valence-electron chi connectivity index (χ0n) is 11.2. The van der Waals surface area contributed by atoms with Gasteiger partial charge in [0, 0.05) is 12.4 Å². The fourth-order valence-corrected chi connectivity index (χ4v) is 2.20. The van der Waals surface area contributed by atoms with E-state index < -0.39 is 11.8 Å². The summed E-state index contributed by atoms with van der Waals surface area (Å²) in [7, 11) is 0. The summed E-state index contributed by atoms with van der Waals surface area (Å²) in [4.78, 5) is 33.5. The number of nitrogens with zero attached hydrogens (tertiary/aromatic N) is 3. The number of carbonyl (C=O) groups is 2. The van der Waals surface area contributed by atoms with Gasteiger partial charge in [0.2, 0.25) is 0 Å². The third-order valence-electron chi connectivity index (χ3n) is 3.33. The molecular weight excluding hydrogens is 254 g/mol. The second-order valence-electron chi connectivity index (χ2n) is 4.95. The van der Waals surface area contributed by atoms with Crippen LogP contribution in [0.3, 0.4) is 0 Å². The molecule has 0 atom stereocenters.